The number of hydrogen-bond donors (Lipinski definition) is 1. The first-order chi connectivity index (χ1) is 7.18. The molecule has 1 aromatic heterocycles. The molecule has 2 aromatic rings. The van der Waals surface area contributed by atoms with Crippen LogP contribution in [0.5, 0.6) is 0 Å². The fraction of sp³-hybridized carbons (Fsp3) is 0.182. The first-order valence-electron chi connectivity index (χ1n) is 4.52. The molecule has 0 aliphatic heterocycles. The van der Waals surface area contributed by atoms with E-state index >= 15 is 0 Å². The van der Waals surface area contributed by atoms with Gasteiger partial charge in [0.25, 0.3) is 0 Å². The lowest BCUT2D eigenvalue weighted by Gasteiger charge is -2.08. The molecule has 78 valence electrons. The van der Waals surface area contributed by atoms with E-state index in [1.165, 1.54) is 17.4 Å². The van der Waals surface area contributed by atoms with Crippen molar-refractivity contribution in [2.45, 2.75) is 13.0 Å². The second-order valence-corrected chi connectivity index (χ2v) is 4.21. The zero-order chi connectivity index (χ0) is 10.8. The second kappa shape index (κ2) is 4.08. The Morgan fingerprint density at radius 2 is 2.27 bits per heavy atom. The minimum absolute atomic E-state index is 0.259. The molecular formula is C11H10FNOS. The number of rotatable bonds is 2. The molecule has 4 heteroatoms. The van der Waals surface area contributed by atoms with E-state index in [4.69, 9.17) is 0 Å². The molecule has 0 radical (unpaired) electrons. The van der Waals surface area contributed by atoms with Gasteiger partial charge in [0, 0.05) is 11.6 Å². The average molecular weight is 223 g/mol. The Labute approximate surface area is 91.0 Å². The van der Waals surface area contributed by atoms with Gasteiger partial charge in [0.2, 0.25) is 0 Å². The molecule has 1 aromatic carbocycles. The number of aliphatic hydroxyl groups is 1. The van der Waals surface area contributed by atoms with Crippen LogP contribution in [0.4, 0.5) is 4.39 Å². The van der Waals surface area contributed by atoms with Crippen LogP contribution in [-0.2, 0) is 0 Å². The van der Waals surface area contributed by atoms with Crippen LogP contribution in [-0.4, -0.2) is 10.1 Å². The average Bonchev–Trinajstić information content (AvgIpc) is 2.74. The number of benzene rings is 1. The van der Waals surface area contributed by atoms with Crippen molar-refractivity contribution in [3.05, 3.63) is 51.7 Å². The number of aromatic nitrogens is 1. The molecule has 0 bridgehead atoms. The van der Waals surface area contributed by atoms with Crippen molar-refractivity contribution in [2.24, 2.45) is 0 Å². The van der Waals surface area contributed by atoms with Crippen LogP contribution in [0.1, 0.15) is 22.2 Å². The van der Waals surface area contributed by atoms with Gasteiger partial charge < -0.3 is 5.11 Å². The molecule has 2 rings (SSSR count). The number of aliphatic hydroxyl groups excluding tert-OH is 1. The van der Waals surface area contributed by atoms with Crippen molar-refractivity contribution in [1.82, 2.24) is 4.98 Å². The van der Waals surface area contributed by atoms with Crippen LogP contribution in [0.2, 0.25) is 0 Å². The molecular weight excluding hydrogens is 213 g/mol. The number of nitrogens with zero attached hydrogens (tertiary/aromatic N) is 1. The lowest BCUT2D eigenvalue weighted by molar-refractivity contribution is 0.219. The third-order valence-corrected chi connectivity index (χ3v) is 3.01. The summed E-state index contributed by atoms with van der Waals surface area (Å²) in [6.45, 7) is 1.67. The number of aryl methyl sites for hydroxylation is 1. The van der Waals surface area contributed by atoms with Crippen molar-refractivity contribution in [1.29, 1.82) is 0 Å². The third kappa shape index (κ3) is 2.06. The van der Waals surface area contributed by atoms with Crippen LogP contribution in [0.15, 0.2) is 29.8 Å². The van der Waals surface area contributed by atoms with Crippen molar-refractivity contribution in [3.63, 3.8) is 0 Å². The number of halogens is 1. The zero-order valence-electron chi connectivity index (χ0n) is 8.14. The van der Waals surface area contributed by atoms with E-state index in [1.54, 1.807) is 30.6 Å². The highest BCUT2D eigenvalue weighted by Gasteiger charge is 2.13. The molecule has 0 fully saturated rings. The van der Waals surface area contributed by atoms with E-state index in [2.05, 4.69) is 4.98 Å². The minimum atomic E-state index is -0.760. The van der Waals surface area contributed by atoms with Crippen LogP contribution < -0.4 is 0 Å². The Bertz CT molecular complexity index is 456. The van der Waals surface area contributed by atoms with Gasteiger partial charge in [-0.3, -0.25) is 0 Å². The largest absolute Gasteiger partial charge is 0.381 e. The maximum atomic E-state index is 13.0. The van der Waals surface area contributed by atoms with Gasteiger partial charge in [-0.25, -0.2) is 9.37 Å². The molecule has 0 spiro atoms. The summed E-state index contributed by atoms with van der Waals surface area (Å²) in [4.78, 5) is 4.02. The van der Waals surface area contributed by atoms with E-state index < -0.39 is 6.10 Å². The Morgan fingerprint density at radius 3 is 2.87 bits per heavy atom. The van der Waals surface area contributed by atoms with E-state index in [0.29, 0.717) is 16.1 Å². The first-order valence-corrected chi connectivity index (χ1v) is 5.40. The number of thiazole rings is 1. The summed E-state index contributed by atoms with van der Waals surface area (Å²) in [6, 6.07) is 4.58. The lowest BCUT2D eigenvalue weighted by atomic mass is 10.1. The fourth-order valence-electron chi connectivity index (χ4n) is 1.35. The summed E-state index contributed by atoms with van der Waals surface area (Å²) in [7, 11) is 0. The number of hydrogen-bond acceptors (Lipinski definition) is 3. The summed E-state index contributed by atoms with van der Waals surface area (Å²) >= 11 is 1.38. The van der Waals surface area contributed by atoms with Crippen LogP contribution >= 0.6 is 11.3 Å². The summed E-state index contributed by atoms with van der Waals surface area (Å²) in [5.74, 6) is -0.259. The van der Waals surface area contributed by atoms with Crippen molar-refractivity contribution in [2.75, 3.05) is 0 Å². The summed E-state index contributed by atoms with van der Waals surface area (Å²) in [5, 5.41) is 12.3. The summed E-state index contributed by atoms with van der Waals surface area (Å²) in [5.41, 5.74) is 1.20. The highest BCUT2D eigenvalue weighted by atomic mass is 32.1. The molecule has 1 N–H and O–H groups in total. The Balaban J connectivity index is 2.34. The zero-order valence-corrected chi connectivity index (χ0v) is 8.96. The maximum absolute atomic E-state index is 13.0. The highest BCUT2D eigenvalue weighted by molar-refractivity contribution is 7.09. The standard InChI is InChI=1S/C11H10FNOS/c1-7-6-8(2-3-9(7)12)10(14)11-13-4-5-15-11/h2-6,10,14H,1H3. The van der Waals surface area contributed by atoms with Crippen LogP contribution in [0, 0.1) is 12.7 Å². The molecule has 1 unspecified atom stereocenters. The first kappa shape index (κ1) is 10.3. The van der Waals surface area contributed by atoms with Gasteiger partial charge in [0.05, 0.1) is 0 Å². The topological polar surface area (TPSA) is 33.1 Å². The maximum Gasteiger partial charge on any atom is 0.131 e. The van der Waals surface area contributed by atoms with Crippen LogP contribution in [0.25, 0.3) is 0 Å². The second-order valence-electron chi connectivity index (χ2n) is 3.28. The molecule has 1 heterocycles. The SMILES string of the molecule is Cc1cc(C(O)c2nccs2)ccc1F. The minimum Gasteiger partial charge on any atom is -0.381 e. The van der Waals surface area contributed by atoms with Crippen LogP contribution in [0.3, 0.4) is 0 Å². The van der Waals surface area contributed by atoms with Gasteiger partial charge in [-0.15, -0.1) is 11.3 Å². The lowest BCUT2D eigenvalue weighted by Crippen LogP contribution is -1.99. The highest BCUT2D eigenvalue weighted by Crippen LogP contribution is 2.24. The third-order valence-electron chi connectivity index (χ3n) is 2.18. The van der Waals surface area contributed by atoms with Gasteiger partial charge >= 0.3 is 0 Å². The van der Waals surface area contributed by atoms with Gasteiger partial charge in [0.15, 0.2) is 0 Å². The molecule has 0 saturated heterocycles. The molecule has 0 aliphatic carbocycles. The van der Waals surface area contributed by atoms with Crippen molar-refractivity contribution in [3.8, 4) is 0 Å². The monoisotopic (exact) mass is 223 g/mol. The van der Waals surface area contributed by atoms with Crippen molar-refractivity contribution < 1.29 is 9.50 Å². The summed E-state index contributed by atoms with van der Waals surface area (Å²) < 4.78 is 13.0. The Hall–Kier alpha value is -1.26. The normalized spacial score (nSPS) is 12.7. The van der Waals surface area contributed by atoms with E-state index in [0.717, 1.165) is 0 Å². The fourth-order valence-corrected chi connectivity index (χ4v) is 2.00. The van der Waals surface area contributed by atoms with Crippen molar-refractivity contribution >= 4 is 11.3 Å². The smallest absolute Gasteiger partial charge is 0.131 e. The predicted molar refractivity (Wildman–Crippen MR) is 57.3 cm³/mol. The molecule has 0 amide bonds. The van der Waals surface area contributed by atoms with Gasteiger partial charge in [0.1, 0.15) is 16.9 Å². The van der Waals surface area contributed by atoms with E-state index in [9.17, 15) is 9.50 Å². The van der Waals surface area contributed by atoms with E-state index in [1.807, 2.05) is 0 Å². The quantitative estimate of drug-likeness (QED) is 0.849. The van der Waals surface area contributed by atoms with Gasteiger partial charge in [-0.2, -0.15) is 0 Å². The molecule has 0 aliphatic rings. The molecule has 15 heavy (non-hydrogen) atoms. The molecule has 0 saturated carbocycles. The Kier molecular flexibility index (Phi) is 2.79. The van der Waals surface area contributed by atoms with Gasteiger partial charge in [-0.05, 0) is 24.1 Å². The predicted octanol–water partition coefficient (Wildman–Crippen LogP) is 2.67. The summed E-state index contributed by atoms with van der Waals surface area (Å²) in [6.07, 6.45) is 0.879. The van der Waals surface area contributed by atoms with E-state index in [-0.39, 0.29) is 5.82 Å². The molecule has 1 atom stereocenters. The Morgan fingerprint density at radius 1 is 1.47 bits per heavy atom. The molecule has 2 nitrogen and oxygen atoms in total. The van der Waals surface area contributed by atoms with Gasteiger partial charge in [-0.1, -0.05) is 12.1 Å².